The summed E-state index contributed by atoms with van der Waals surface area (Å²) in [4.78, 5) is 19.1. The van der Waals surface area contributed by atoms with Crippen LogP contribution in [0, 0.1) is 13.8 Å². The average molecular weight is 363 g/mol. The summed E-state index contributed by atoms with van der Waals surface area (Å²) in [5, 5.41) is 7.43. The van der Waals surface area contributed by atoms with E-state index in [9.17, 15) is 4.79 Å². The Morgan fingerprint density at radius 1 is 1.11 bits per heavy atom. The van der Waals surface area contributed by atoms with Gasteiger partial charge in [0.25, 0.3) is 5.91 Å². The molecule has 0 saturated carbocycles. The largest absolute Gasteiger partial charge is 0.357 e. The number of aryl methyl sites for hydroxylation is 2. The molecule has 0 radical (unpaired) electrons. The van der Waals surface area contributed by atoms with Crippen molar-refractivity contribution in [2.45, 2.75) is 27.7 Å². The molecular formula is C21H25N5O. The monoisotopic (exact) mass is 363 g/mol. The van der Waals surface area contributed by atoms with Gasteiger partial charge in [0.2, 0.25) is 0 Å². The topological polar surface area (TPSA) is 63.1 Å². The molecule has 1 N–H and O–H groups in total. The molecule has 3 aromatic rings. The second kappa shape index (κ2) is 8.03. The van der Waals surface area contributed by atoms with E-state index in [1.807, 2.05) is 54.9 Å². The van der Waals surface area contributed by atoms with Crippen molar-refractivity contribution in [3.63, 3.8) is 0 Å². The summed E-state index contributed by atoms with van der Waals surface area (Å²) in [5.74, 6) is 0.696. The Kier molecular flexibility index (Phi) is 5.54. The number of carbonyl (C=O) groups is 1. The van der Waals surface area contributed by atoms with E-state index >= 15 is 0 Å². The van der Waals surface area contributed by atoms with Crippen LogP contribution in [0.4, 0.5) is 11.5 Å². The summed E-state index contributed by atoms with van der Waals surface area (Å²) in [6.45, 7) is 9.91. The molecule has 0 unspecified atom stereocenters. The first-order chi connectivity index (χ1) is 13.0. The Bertz CT molecular complexity index is 926. The third-order valence-corrected chi connectivity index (χ3v) is 4.46. The highest BCUT2D eigenvalue weighted by Gasteiger charge is 2.10. The average Bonchev–Trinajstić information content (AvgIpc) is 3.01. The van der Waals surface area contributed by atoms with Crippen molar-refractivity contribution in [1.29, 1.82) is 0 Å². The molecule has 0 atom stereocenters. The van der Waals surface area contributed by atoms with Crippen LogP contribution in [-0.4, -0.2) is 33.8 Å². The second-order valence-electron chi connectivity index (χ2n) is 6.42. The summed E-state index contributed by atoms with van der Waals surface area (Å²) in [5.41, 5.74) is 4.17. The molecule has 0 saturated heterocycles. The SMILES string of the molecule is CCN(CC)c1ccc(C(=O)Nc2cccc(-n3nc(C)cc3C)c2)cn1. The number of pyridine rings is 1. The third kappa shape index (κ3) is 4.16. The highest BCUT2D eigenvalue weighted by atomic mass is 16.1. The van der Waals surface area contributed by atoms with Gasteiger partial charge in [-0.2, -0.15) is 5.10 Å². The molecule has 0 aliphatic carbocycles. The Labute approximate surface area is 159 Å². The Morgan fingerprint density at radius 2 is 1.89 bits per heavy atom. The fourth-order valence-electron chi connectivity index (χ4n) is 3.06. The van der Waals surface area contributed by atoms with Crippen molar-refractivity contribution in [1.82, 2.24) is 14.8 Å². The van der Waals surface area contributed by atoms with Crippen LogP contribution in [0.5, 0.6) is 0 Å². The predicted molar refractivity (Wildman–Crippen MR) is 109 cm³/mol. The molecule has 140 valence electrons. The van der Waals surface area contributed by atoms with Crippen LogP contribution in [0.25, 0.3) is 5.69 Å². The number of benzene rings is 1. The molecule has 1 aromatic carbocycles. The lowest BCUT2D eigenvalue weighted by Crippen LogP contribution is -2.23. The molecule has 2 aromatic heterocycles. The lowest BCUT2D eigenvalue weighted by atomic mass is 10.2. The van der Waals surface area contributed by atoms with E-state index in [2.05, 4.69) is 34.1 Å². The minimum Gasteiger partial charge on any atom is -0.357 e. The van der Waals surface area contributed by atoms with Gasteiger partial charge < -0.3 is 10.2 Å². The third-order valence-electron chi connectivity index (χ3n) is 4.46. The van der Waals surface area contributed by atoms with E-state index in [-0.39, 0.29) is 5.91 Å². The maximum atomic E-state index is 12.6. The van der Waals surface area contributed by atoms with E-state index in [1.165, 1.54) is 0 Å². The quantitative estimate of drug-likeness (QED) is 0.719. The molecule has 6 nitrogen and oxygen atoms in total. The van der Waals surface area contributed by atoms with E-state index in [0.29, 0.717) is 5.56 Å². The summed E-state index contributed by atoms with van der Waals surface area (Å²) >= 11 is 0. The summed E-state index contributed by atoms with van der Waals surface area (Å²) in [6.07, 6.45) is 1.62. The van der Waals surface area contributed by atoms with Crippen LogP contribution in [0.3, 0.4) is 0 Å². The van der Waals surface area contributed by atoms with Crippen LogP contribution in [0.2, 0.25) is 0 Å². The molecule has 1 amide bonds. The van der Waals surface area contributed by atoms with Gasteiger partial charge >= 0.3 is 0 Å². The number of amides is 1. The van der Waals surface area contributed by atoms with Crippen LogP contribution in [0.15, 0.2) is 48.7 Å². The number of hydrogen-bond donors (Lipinski definition) is 1. The molecule has 0 aliphatic rings. The normalized spacial score (nSPS) is 10.7. The lowest BCUT2D eigenvalue weighted by molar-refractivity contribution is 0.102. The zero-order valence-corrected chi connectivity index (χ0v) is 16.2. The number of anilines is 2. The molecule has 3 rings (SSSR count). The lowest BCUT2D eigenvalue weighted by Gasteiger charge is -2.19. The van der Waals surface area contributed by atoms with Crippen molar-refractivity contribution < 1.29 is 4.79 Å². The van der Waals surface area contributed by atoms with Gasteiger partial charge in [-0.1, -0.05) is 6.07 Å². The zero-order valence-electron chi connectivity index (χ0n) is 16.2. The van der Waals surface area contributed by atoms with Crippen molar-refractivity contribution in [3.8, 4) is 5.69 Å². The van der Waals surface area contributed by atoms with Gasteiger partial charge in [0.05, 0.1) is 16.9 Å². The summed E-state index contributed by atoms with van der Waals surface area (Å²) < 4.78 is 1.87. The predicted octanol–water partition coefficient (Wildman–Crippen LogP) is 3.98. The first-order valence-electron chi connectivity index (χ1n) is 9.18. The van der Waals surface area contributed by atoms with Crippen molar-refractivity contribution in [3.05, 3.63) is 65.6 Å². The maximum absolute atomic E-state index is 12.6. The fraction of sp³-hybridized carbons (Fsp3) is 0.286. The minimum atomic E-state index is -0.181. The van der Waals surface area contributed by atoms with Gasteiger partial charge in [0, 0.05) is 30.7 Å². The van der Waals surface area contributed by atoms with Gasteiger partial charge in [-0.15, -0.1) is 0 Å². The van der Waals surface area contributed by atoms with E-state index in [1.54, 1.807) is 12.3 Å². The molecule has 6 heteroatoms. The van der Waals surface area contributed by atoms with Crippen LogP contribution in [-0.2, 0) is 0 Å². The van der Waals surface area contributed by atoms with Crippen molar-refractivity contribution in [2.75, 3.05) is 23.3 Å². The molecule has 0 aliphatic heterocycles. The molecule has 0 fully saturated rings. The van der Waals surface area contributed by atoms with Gasteiger partial charge in [0.15, 0.2) is 0 Å². The Balaban J connectivity index is 1.76. The number of rotatable bonds is 6. The number of carbonyl (C=O) groups excluding carboxylic acids is 1. The highest BCUT2D eigenvalue weighted by Crippen LogP contribution is 2.18. The molecular weight excluding hydrogens is 338 g/mol. The molecule has 2 heterocycles. The van der Waals surface area contributed by atoms with Gasteiger partial charge in [-0.05, 0) is 64.1 Å². The van der Waals surface area contributed by atoms with Crippen molar-refractivity contribution in [2.24, 2.45) is 0 Å². The standard InChI is InChI=1S/C21H25N5O/c1-5-25(6-2)20-11-10-17(14-22-20)21(27)23-18-8-7-9-19(13-18)26-16(4)12-15(3)24-26/h7-14H,5-6H2,1-4H3,(H,23,27). The van der Waals surface area contributed by atoms with E-state index in [4.69, 9.17) is 0 Å². The van der Waals surface area contributed by atoms with Crippen LogP contribution >= 0.6 is 0 Å². The first-order valence-corrected chi connectivity index (χ1v) is 9.18. The number of hydrogen-bond acceptors (Lipinski definition) is 4. The van der Waals surface area contributed by atoms with Gasteiger partial charge in [0.1, 0.15) is 5.82 Å². The summed E-state index contributed by atoms with van der Waals surface area (Å²) in [7, 11) is 0. The first kappa shape index (κ1) is 18.6. The van der Waals surface area contributed by atoms with E-state index in [0.717, 1.165) is 41.7 Å². The number of aromatic nitrogens is 3. The fourth-order valence-corrected chi connectivity index (χ4v) is 3.06. The maximum Gasteiger partial charge on any atom is 0.257 e. The van der Waals surface area contributed by atoms with Crippen molar-refractivity contribution >= 4 is 17.4 Å². The van der Waals surface area contributed by atoms with Gasteiger partial charge in [-0.3, -0.25) is 4.79 Å². The second-order valence-corrected chi connectivity index (χ2v) is 6.42. The Hall–Kier alpha value is -3.15. The minimum absolute atomic E-state index is 0.181. The number of nitrogens with one attached hydrogen (secondary N) is 1. The molecule has 0 bridgehead atoms. The molecule has 0 spiro atoms. The van der Waals surface area contributed by atoms with E-state index < -0.39 is 0 Å². The highest BCUT2D eigenvalue weighted by molar-refractivity contribution is 6.04. The summed E-state index contributed by atoms with van der Waals surface area (Å²) in [6, 6.07) is 13.4. The van der Waals surface area contributed by atoms with Gasteiger partial charge in [-0.25, -0.2) is 9.67 Å². The Morgan fingerprint density at radius 3 is 2.48 bits per heavy atom. The number of nitrogens with zero attached hydrogens (tertiary/aromatic N) is 4. The smallest absolute Gasteiger partial charge is 0.257 e. The van der Waals surface area contributed by atoms with Crippen LogP contribution < -0.4 is 10.2 Å². The zero-order chi connectivity index (χ0) is 19.4. The molecule has 27 heavy (non-hydrogen) atoms. The van der Waals surface area contributed by atoms with Crippen LogP contribution in [0.1, 0.15) is 35.6 Å².